The summed E-state index contributed by atoms with van der Waals surface area (Å²) in [5.41, 5.74) is 0. The van der Waals surface area contributed by atoms with Crippen LogP contribution in [0.4, 0.5) is 0 Å². The molecule has 0 saturated heterocycles. The number of carbonyl (C=O) groups excluding carboxylic acids is 2. The number of hydrogen-bond acceptors (Lipinski definition) is 4. The van der Waals surface area contributed by atoms with Gasteiger partial charge < -0.3 is 0 Å². The molecule has 0 amide bonds. The molecule has 1 aromatic carbocycles. The van der Waals surface area contributed by atoms with Crippen molar-refractivity contribution in [3.63, 3.8) is 0 Å². The van der Waals surface area contributed by atoms with Gasteiger partial charge in [0, 0.05) is 0 Å². The van der Waals surface area contributed by atoms with Gasteiger partial charge in [0.25, 0.3) is 0 Å². The molecule has 0 aromatic heterocycles. The second-order valence-corrected chi connectivity index (χ2v) is 6.49. The zero-order chi connectivity index (χ0) is 12.7. The fourth-order valence-electron chi connectivity index (χ4n) is 0.888. The molecular formula is C12H15IO4. The Balaban J connectivity index is 2.79. The van der Waals surface area contributed by atoms with E-state index in [9.17, 15) is 9.59 Å². The zero-order valence-electron chi connectivity index (χ0n) is 9.81. The van der Waals surface area contributed by atoms with E-state index in [0.717, 1.165) is 3.57 Å². The standard InChI is InChI=1S/C12H15IO4/c1-3-11(14)16-13(17-12(15)4-2)10-8-6-5-7-9-10/h5-9H,3-4H2,1-2H3. The molecule has 4 nitrogen and oxygen atoms in total. The van der Waals surface area contributed by atoms with Gasteiger partial charge in [0.1, 0.15) is 0 Å². The van der Waals surface area contributed by atoms with E-state index < -0.39 is 20.6 Å². The van der Waals surface area contributed by atoms with Gasteiger partial charge in [0.15, 0.2) is 0 Å². The van der Waals surface area contributed by atoms with Gasteiger partial charge in [0.2, 0.25) is 0 Å². The Morgan fingerprint density at radius 2 is 1.47 bits per heavy atom. The summed E-state index contributed by atoms with van der Waals surface area (Å²) >= 11 is -2.63. The van der Waals surface area contributed by atoms with E-state index in [-0.39, 0.29) is 24.8 Å². The van der Waals surface area contributed by atoms with E-state index in [0.29, 0.717) is 0 Å². The van der Waals surface area contributed by atoms with Crippen LogP contribution in [-0.4, -0.2) is 11.9 Å². The van der Waals surface area contributed by atoms with Crippen LogP contribution < -0.4 is 0 Å². The van der Waals surface area contributed by atoms with E-state index >= 15 is 0 Å². The molecule has 0 aliphatic rings. The van der Waals surface area contributed by atoms with Crippen LogP contribution in [0.5, 0.6) is 0 Å². The van der Waals surface area contributed by atoms with Crippen molar-refractivity contribution in [3.05, 3.63) is 33.9 Å². The Bertz CT molecular complexity index is 359. The molecule has 0 atom stereocenters. The second-order valence-electron chi connectivity index (χ2n) is 3.12. The average Bonchev–Trinajstić information content (AvgIpc) is 2.38. The molecule has 1 rings (SSSR count). The third-order valence-electron chi connectivity index (χ3n) is 1.80. The quantitative estimate of drug-likeness (QED) is 0.766. The van der Waals surface area contributed by atoms with Crippen molar-refractivity contribution < 1.29 is 15.7 Å². The van der Waals surface area contributed by atoms with Crippen LogP contribution in [0, 0.1) is 3.57 Å². The van der Waals surface area contributed by atoms with E-state index in [2.05, 4.69) is 0 Å². The number of halogens is 1. The number of benzene rings is 1. The van der Waals surface area contributed by atoms with Gasteiger partial charge in [-0.05, 0) is 0 Å². The summed E-state index contributed by atoms with van der Waals surface area (Å²) in [6, 6.07) is 9.16. The first-order valence-corrected chi connectivity index (χ1v) is 8.19. The van der Waals surface area contributed by atoms with E-state index in [1.165, 1.54) is 0 Å². The van der Waals surface area contributed by atoms with Crippen LogP contribution in [-0.2, 0) is 15.7 Å². The normalized spacial score (nSPS) is 10.6. The van der Waals surface area contributed by atoms with Crippen molar-refractivity contribution in [1.82, 2.24) is 0 Å². The summed E-state index contributed by atoms with van der Waals surface area (Å²) in [6.07, 6.45) is 0.564. The first kappa shape index (κ1) is 14.0. The molecule has 5 heteroatoms. The number of rotatable bonds is 5. The average molecular weight is 350 g/mol. The van der Waals surface area contributed by atoms with Gasteiger partial charge in [-0.15, -0.1) is 0 Å². The maximum atomic E-state index is 11.3. The second kappa shape index (κ2) is 7.26. The fourth-order valence-corrected chi connectivity index (χ4v) is 4.00. The number of hydrogen-bond donors (Lipinski definition) is 0. The molecule has 0 N–H and O–H groups in total. The molecule has 17 heavy (non-hydrogen) atoms. The van der Waals surface area contributed by atoms with Gasteiger partial charge in [-0.2, -0.15) is 0 Å². The van der Waals surface area contributed by atoms with Crippen LogP contribution in [0.15, 0.2) is 30.3 Å². The number of carbonyl (C=O) groups is 2. The molecule has 0 bridgehead atoms. The molecule has 0 radical (unpaired) electrons. The predicted molar refractivity (Wildman–Crippen MR) is 71.9 cm³/mol. The monoisotopic (exact) mass is 350 g/mol. The molecule has 0 unspecified atom stereocenters. The Morgan fingerprint density at radius 1 is 1.00 bits per heavy atom. The van der Waals surface area contributed by atoms with Gasteiger partial charge in [-0.25, -0.2) is 0 Å². The summed E-state index contributed by atoms with van der Waals surface area (Å²) in [7, 11) is 0. The molecule has 0 aliphatic heterocycles. The van der Waals surface area contributed by atoms with E-state index in [1.807, 2.05) is 30.3 Å². The maximum absolute atomic E-state index is 11.3. The molecule has 0 spiro atoms. The van der Waals surface area contributed by atoms with Crippen LogP contribution in [0.25, 0.3) is 0 Å². The van der Waals surface area contributed by atoms with Crippen LogP contribution in [0.1, 0.15) is 26.7 Å². The minimum atomic E-state index is -2.63. The Hall–Kier alpha value is -1.11. The predicted octanol–water partition coefficient (Wildman–Crippen LogP) is 3.10. The fraction of sp³-hybridized carbons (Fsp3) is 0.333. The molecule has 0 heterocycles. The van der Waals surface area contributed by atoms with E-state index in [1.54, 1.807) is 13.8 Å². The van der Waals surface area contributed by atoms with Crippen molar-refractivity contribution in [1.29, 1.82) is 0 Å². The first-order chi connectivity index (χ1) is 8.17. The molecular weight excluding hydrogens is 335 g/mol. The third kappa shape index (κ3) is 4.72. The summed E-state index contributed by atoms with van der Waals surface area (Å²) < 4.78 is 11.3. The Labute approximate surface area is 109 Å². The minimum absolute atomic E-state index is 0.282. The Kier molecular flexibility index (Phi) is 5.96. The first-order valence-electron chi connectivity index (χ1n) is 5.35. The summed E-state index contributed by atoms with van der Waals surface area (Å²) in [4.78, 5) is 22.6. The van der Waals surface area contributed by atoms with Gasteiger partial charge in [-0.1, -0.05) is 0 Å². The van der Waals surface area contributed by atoms with Crippen molar-refractivity contribution in [2.75, 3.05) is 0 Å². The molecule has 0 saturated carbocycles. The topological polar surface area (TPSA) is 52.6 Å². The van der Waals surface area contributed by atoms with Gasteiger partial charge in [-0.3, -0.25) is 0 Å². The van der Waals surface area contributed by atoms with Crippen LogP contribution >= 0.6 is 20.6 Å². The molecule has 0 aliphatic carbocycles. The van der Waals surface area contributed by atoms with Crippen LogP contribution in [0.2, 0.25) is 0 Å². The molecule has 0 fully saturated rings. The van der Waals surface area contributed by atoms with Gasteiger partial charge in [0.05, 0.1) is 0 Å². The molecule has 94 valence electrons. The molecule has 1 aromatic rings. The zero-order valence-corrected chi connectivity index (χ0v) is 12.0. The van der Waals surface area contributed by atoms with Crippen molar-refractivity contribution in [3.8, 4) is 0 Å². The van der Waals surface area contributed by atoms with E-state index in [4.69, 9.17) is 6.13 Å². The van der Waals surface area contributed by atoms with Crippen molar-refractivity contribution in [2.24, 2.45) is 0 Å². The SMILES string of the molecule is CCC(=O)OI(OC(=O)CC)c1ccccc1. The van der Waals surface area contributed by atoms with Crippen LogP contribution in [0.3, 0.4) is 0 Å². The third-order valence-corrected chi connectivity index (χ3v) is 5.32. The summed E-state index contributed by atoms with van der Waals surface area (Å²) in [5.74, 6) is -0.661. The Morgan fingerprint density at radius 3 is 1.88 bits per heavy atom. The van der Waals surface area contributed by atoms with Gasteiger partial charge >= 0.3 is 109 Å². The summed E-state index contributed by atoms with van der Waals surface area (Å²) in [6.45, 7) is 3.42. The van der Waals surface area contributed by atoms with Crippen molar-refractivity contribution >= 4 is 32.6 Å². The summed E-state index contributed by atoms with van der Waals surface area (Å²) in [5, 5.41) is 0. The van der Waals surface area contributed by atoms with Crippen molar-refractivity contribution in [2.45, 2.75) is 26.7 Å².